The molecule has 0 bridgehead atoms. The lowest BCUT2D eigenvalue weighted by Gasteiger charge is -2.25. The SMILES string of the molecule is CCCc1ccc(C2CCc3cc(F)c(F)cc3C2)cc1. The van der Waals surface area contributed by atoms with Gasteiger partial charge in [0.05, 0.1) is 0 Å². The molecule has 0 nitrogen and oxygen atoms in total. The highest BCUT2D eigenvalue weighted by Gasteiger charge is 2.22. The van der Waals surface area contributed by atoms with Crippen LogP contribution in [0.2, 0.25) is 0 Å². The molecule has 0 amide bonds. The van der Waals surface area contributed by atoms with Gasteiger partial charge in [0.15, 0.2) is 11.6 Å². The van der Waals surface area contributed by atoms with E-state index in [0.717, 1.165) is 43.2 Å². The van der Waals surface area contributed by atoms with Crippen molar-refractivity contribution < 1.29 is 8.78 Å². The predicted octanol–water partition coefficient (Wildman–Crippen LogP) is 5.19. The summed E-state index contributed by atoms with van der Waals surface area (Å²) in [6, 6.07) is 11.5. The third-order valence-corrected chi connectivity index (χ3v) is 4.46. The minimum absolute atomic E-state index is 0.415. The zero-order valence-electron chi connectivity index (χ0n) is 12.3. The molecular weight excluding hydrogens is 266 g/mol. The second-order valence-electron chi connectivity index (χ2n) is 5.97. The van der Waals surface area contributed by atoms with E-state index in [1.165, 1.54) is 23.3 Å². The highest BCUT2D eigenvalue weighted by molar-refractivity contribution is 5.35. The van der Waals surface area contributed by atoms with Crippen molar-refractivity contribution in [2.24, 2.45) is 0 Å². The van der Waals surface area contributed by atoms with Crippen LogP contribution < -0.4 is 0 Å². The number of halogens is 2. The van der Waals surface area contributed by atoms with Crippen LogP contribution in [0, 0.1) is 11.6 Å². The van der Waals surface area contributed by atoms with Gasteiger partial charge in [-0.1, -0.05) is 37.6 Å². The molecule has 0 aromatic heterocycles. The van der Waals surface area contributed by atoms with Crippen molar-refractivity contribution in [2.75, 3.05) is 0 Å². The van der Waals surface area contributed by atoms with Gasteiger partial charge in [-0.05, 0) is 66.0 Å². The maximum Gasteiger partial charge on any atom is 0.159 e. The first-order chi connectivity index (χ1) is 10.2. The maximum absolute atomic E-state index is 13.4. The first kappa shape index (κ1) is 14.2. The van der Waals surface area contributed by atoms with Crippen LogP contribution in [0.25, 0.3) is 0 Å². The summed E-state index contributed by atoms with van der Waals surface area (Å²) in [7, 11) is 0. The number of hydrogen-bond donors (Lipinski definition) is 0. The first-order valence-corrected chi connectivity index (χ1v) is 7.73. The van der Waals surface area contributed by atoms with Crippen molar-refractivity contribution in [1.82, 2.24) is 0 Å². The summed E-state index contributed by atoms with van der Waals surface area (Å²) in [5.41, 5.74) is 4.60. The quantitative estimate of drug-likeness (QED) is 0.728. The van der Waals surface area contributed by atoms with Gasteiger partial charge in [-0.2, -0.15) is 0 Å². The monoisotopic (exact) mass is 286 g/mol. The molecule has 2 heteroatoms. The van der Waals surface area contributed by atoms with Crippen molar-refractivity contribution >= 4 is 0 Å². The Morgan fingerprint density at radius 3 is 2.33 bits per heavy atom. The summed E-state index contributed by atoms with van der Waals surface area (Å²) >= 11 is 0. The van der Waals surface area contributed by atoms with Crippen molar-refractivity contribution in [2.45, 2.75) is 44.9 Å². The second-order valence-corrected chi connectivity index (χ2v) is 5.97. The van der Waals surface area contributed by atoms with Gasteiger partial charge in [-0.25, -0.2) is 8.78 Å². The van der Waals surface area contributed by atoms with Crippen LogP contribution in [-0.4, -0.2) is 0 Å². The third kappa shape index (κ3) is 2.99. The summed E-state index contributed by atoms with van der Waals surface area (Å²) in [6.45, 7) is 2.18. The number of rotatable bonds is 3. The smallest absolute Gasteiger partial charge is 0.159 e. The van der Waals surface area contributed by atoms with Crippen LogP contribution in [0.4, 0.5) is 8.78 Å². The molecule has 0 aliphatic heterocycles. The molecule has 0 spiro atoms. The van der Waals surface area contributed by atoms with E-state index in [4.69, 9.17) is 0 Å². The lowest BCUT2D eigenvalue weighted by molar-refractivity contribution is 0.496. The molecule has 1 atom stereocenters. The van der Waals surface area contributed by atoms with Crippen LogP contribution in [0.3, 0.4) is 0 Å². The lowest BCUT2D eigenvalue weighted by atomic mass is 9.80. The van der Waals surface area contributed by atoms with E-state index in [1.807, 2.05) is 0 Å². The molecule has 1 unspecified atom stereocenters. The van der Waals surface area contributed by atoms with Gasteiger partial charge in [-0.15, -0.1) is 0 Å². The Bertz CT molecular complexity index is 629. The van der Waals surface area contributed by atoms with Crippen LogP contribution in [0.5, 0.6) is 0 Å². The standard InChI is InChI=1S/C19H20F2/c1-2-3-13-4-6-14(7-5-13)15-8-9-16-11-18(20)19(21)12-17(16)10-15/h4-7,11-12,15H,2-3,8-10H2,1H3. The van der Waals surface area contributed by atoms with Gasteiger partial charge in [0.2, 0.25) is 0 Å². The van der Waals surface area contributed by atoms with Gasteiger partial charge in [0.25, 0.3) is 0 Å². The van der Waals surface area contributed by atoms with E-state index in [9.17, 15) is 8.78 Å². The highest BCUT2D eigenvalue weighted by Crippen LogP contribution is 2.33. The molecule has 0 heterocycles. The van der Waals surface area contributed by atoms with E-state index in [2.05, 4.69) is 31.2 Å². The average Bonchev–Trinajstić information content (AvgIpc) is 2.49. The summed E-state index contributed by atoms with van der Waals surface area (Å²) in [5.74, 6) is -1.04. The third-order valence-electron chi connectivity index (χ3n) is 4.46. The van der Waals surface area contributed by atoms with Gasteiger partial charge in [0, 0.05) is 0 Å². The molecule has 0 saturated heterocycles. The van der Waals surface area contributed by atoms with Crippen LogP contribution in [0.15, 0.2) is 36.4 Å². The summed E-state index contributed by atoms with van der Waals surface area (Å²) in [4.78, 5) is 0. The van der Waals surface area contributed by atoms with E-state index in [0.29, 0.717) is 5.92 Å². The fourth-order valence-electron chi connectivity index (χ4n) is 3.28. The largest absolute Gasteiger partial charge is 0.204 e. The number of hydrogen-bond acceptors (Lipinski definition) is 0. The molecule has 21 heavy (non-hydrogen) atoms. The number of fused-ring (bicyclic) bond motifs is 1. The minimum Gasteiger partial charge on any atom is -0.204 e. The molecule has 3 rings (SSSR count). The van der Waals surface area contributed by atoms with Gasteiger partial charge >= 0.3 is 0 Å². The molecule has 1 aliphatic carbocycles. The Balaban J connectivity index is 1.80. The Morgan fingerprint density at radius 2 is 1.67 bits per heavy atom. The van der Waals surface area contributed by atoms with E-state index in [-0.39, 0.29) is 0 Å². The van der Waals surface area contributed by atoms with Crippen molar-refractivity contribution in [3.63, 3.8) is 0 Å². The van der Waals surface area contributed by atoms with Crippen molar-refractivity contribution in [1.29, 1.82) is 0 Å². The van der Waals surface area contributed by atoms with Crippen LogP contribution >= 0.6 is 0 Å². The topological polar surface area (TPSA) is 0 Å². The minimum atomic E-state index is -0.729. The fraction of sp³-hybridized carbons (Fsp3) is 0.368. The molecule has 0 N–H and O–H groups in total. The molecule has 2 aromatic rings. The van der Waals surface area contributed by atoms with Gasteiger partial charge < -0.3 is 0 Å². The Labute approximate surface area is 124 Å². The Hall–Kier alpha value is -1.70. The molecule has 2 aromatic carbocycles. The normalized spacial score (nSPS) is 17.6. The number of benzene rings is 2. The maximum atomic E-state index is 13.4. The molecule has 0 fully saturated rings. The first-order valence-electron chi connectivity index (χ1n) is 7.73. The summed E-state index contributed by atoms with van der Waals surface area (Å²) in [5, 5.41) is 0. The predicted molar refractivity (Wildman–Crippen MR) is 81.6 cm³/mol. The van der Waals surface area contributed by atoms with Crippen LogP contribution in [0.1, 0.15) is 47.9 Å². The molecule has 110 valence electrons. The van der Waals surface area contributed by atoms with E-state index in [1.54, 1.807) is 0 Å². The Kier molecular flexibility index (Phi) is 4.05. The van der Waals surface area contributed by atoms with Gasteiger partial charge in [-0.3, -0.25) is 0 Å². The molecule has 0 saturated carbocycles. The van der Waals surface area contributed by atoms with E-state index < -0.39 is 11.6 Å². The highest BCUT2D eigenvalue weighted by atomic mass is 19.2. The fourth-order valence-corrected chi connectivity index (χ4v) is 3.28. The Morgan fingerprint density at radius 1 is 1.00 bits per heavy atom. The number of aryl methyl sites for hydroxylation is 2. The van der Waals surface area contributed by atoms with Crippen molar-refractivity contribution in [3.05, 3.63) is 70.3 Å². The van der Waals surface area contributed by atoms with E-state index >= 15 is 0 Å². The lowest BCUT2D eigenvalue weighted by Crippen LogP contribution is -2.13. The van der Waals surface area contributed by atoms with Crippen LogP contribution in [-0.2, 0) is 19.3 Å². The molecular formula is C19H20F2. The summed E-state index contributed by atoms with van der Waals surface area (Å²) < 4.78 is 26.7. The van der Waals surface area contributed by atoms with Gasteiger partial charge in [0.1, 0.15) is 0 Å². The van der Waals surface area contributed by atoms with Crippen molar-refractivity contribution in [3.8, 4) is 0 Å². The average molecular weight is 286 g/mol. The molecule has 0 radical (unpaired) electrons. The second kappa shape index (κ2) is 5.97. The summed E-state index contributed by atoms with van der Waals surface area (Å²) in [6.07, 6.45) is 4.90. The zero-order chi connectivity index (χ0) is 14.8. The zero-order valence-corrected chi connectivity index (χ0v) is 12.3. The molecule has 1 aliphatic rings.